The zero-order valence-electron chi connectivity index (χ0n) is 11.9. The van der Waals surface area contributed by atoms with E-state index < -0.39 is 0 Å². The molecule has 1 aliphatic rings. The van der Waals surface area contributed by atoms with Gasteiger partial charge in [0, 0.05) is 38.3 Å². The van der Waals surface area contributed by atoms with Crippen LogP contribution < -0.4 is 5.32 Å². The molecule has 0 saturated carbocycles. The summed E-state index contributed by atoms with van der Waals surface area (Å²) in [5.41, 5.74) is 1.13. The van der Waals surface area contributed by atoms with Crippen molar-refractivity contribution in [2.45, 2.75) is 13.5 Å². The average Bonchev–Trinajstić information content (AvgIpc) is 2.88. The molecule has 1 N–H and O–H groups in total. The average molecular weight is 271 g/mol. The van der Waals surface area contributed by atoms with Crippen molar-refractivity contribution in [3.05, 3.63) is 36.2 Å². The number of hydrogen-bond acceptors (Lipinski definition) is 4. The van der Waals surface area contributed by atoms with Gasteiger partial charge in [-0.15, -0.1) is 0 Å². The SMILES string of the molecule is Cc1nc(-c2ccccc2)n(CCN2CCNCC2)n1. The van der Waals surface area contributed by atoms with Gasteiger partial charge in [-0.3, -0.25) is 4.90 Å². The lowest BCUT2D eigenvalue weighted by atomic mass is 10.2. The zero-order chi connectivity index (χ0) is 13.8. The second kappa shape index (κ2) is 6.15. The molecule has 0 bridgehead atoms. The van der Waals surface area contributed by atoms with E-state index in [2.05, 4.69) is 32.4 Å². The van der Waals surface area contributed by atoms with Gasteiger partial charge in [0.25, 0.3) is 0 Å². The van der Waals surface area contributed by atoms with Gasteiger partial charge in [0.1, 0.15) is 5.82 Å². The smallest absolute Gasteiger partial charge is 0.158 e. The highest BCUT2D eigenvalue weighted by molar-refractivity contribution is 5.54. The zero-order valence-corrected chi connectivity index (χ0v) is 11.9. The van der Waals surface area contributed by atoms with Gasteiger partial charge in [-0.05, 0) is 6.92 Å². The van der Waals surface area contributed by atoms with Gasteiger partial charge in [-0.1, -0.05) is 30.3 Å². The van der Waals surface area contributed by atoms with Crippen LogP contribution in [-0.4, -0.2) is 52.4 Å². The van der Waals surface area contributed by atoms with Crippen molar-refractivity contribution in [3.8, 4) is 11.4 Å². The molecule has 0 aliphatic carbocycles. The molecule has 5 heteroatoms. The van der Waals surface area contributed by atoms with Gasteiger partial charge >= 0.3 is 0 Å². The van der Waals surface area contributed by atoms with Crippen molar-refractivity contribution in [3.63, 3.8) is 0 Å². The summed E-state index contributed by atoms with van der Waals surface area (Å²) >= 11 is 0. The predicted molar refractivity (Wildman–Crippen MR) is 79.5 cm³/mol. The Kier molecular flexibility index (Phi) is 4.08. The van der Waals surface area contributed by atoms with E-state index in [0.29, 0.717) is 0 Å². The van der Waals surface area contributed by atoms with Crippen LogP contribution in [0.2, 0.25) is 0 Å². The summed E-state index contributed by atoms with van der Waals surface area (Å²) in [4.78, 5) is 7.04. The fourth-order valence-corrected chi connectivity index (χ4v) is 2.58. The van der Waals surface area contributed by atoms with Crippen LogP contribution in [-0.2, 0) is 6.54 Å². The van der Waals surface area contributed by atoms with E-state index in [4.69, 9.17) is 0 Å². The summed E-state index contributed by atoms with van der Waals surface area (Å²) in [7, 11) is 0. The van der Waals surface area contributed by atoms with E-state index in [9.17, 15) is 0 Å². The van der Waals surface area contributed by atoms with E-state index in [-0.39, 0.29) is 0 Å². The van der Waals surface area contributed by atoms with Crippen LogP contribution in [0.15, 0.2) is 30.3 Å². The third-order valence-electron chi connectivity index (χ3n) is 3.65. The maximum absolute atomic E-state index is 4.57. The molecule has 1 fully saturated rings. The Labute approximate surface area is 119 Å². The van der Waals surface area contributed by atoms with Gasteiger partial charge in [0.15, 0.2) is 5.82 Å². The highest BCUT2D eigenvalue weighted by Crippen LogP contribution is 2.16. The molecule has 20 heavy (non-hydrogen) atoms. The minimum Gasteiger partial charge on any atom is -0.314 e. The summed E-state index contributed by atoms with van der Waals surface area (Å²) in [5.74, 6) is 1.81. The van der Waals surface area contributed by atoms with Gasteiger partial charge < -0.3 is 5.32 Å². The molecular weight excluding hydrogens is 250 g/mol. The van der Waals surface area contributed by atoms with Crippen LogP contribution in [0, 0.1) is 6.92 Å². The van der Waals surface area contributed by atoms with Crippen molar-refractivity contribution in [2.24, 2.45) is 0 Å². The number of aromatic nitrogens is 3. The molecule has 1 aliphatic heterocycles. The molecule has 1 saturated heterocycles. The lowest BCUT2D eigenvalue weighted by Gasteiger charge is -2.27. The lowest BCUT2D eigenvalue weighted by Crippen LogP contribution is -2.44. The van der Waals surface area contributed by atoms with E-state index in [0.717, 1.165) is 56.5 Å². The summed E-state index contributed by atoms with van der Waals surface area (Å²) in [5, 5.41) is 7.91. The molecule has 3 rings (SSSR count). The van der Waals surface area contributed by atoms with Crippen LogP contribution in [0.25, 0.3) is 11.4 Å². The number of rotatable bonds is 4. The Morgan fingerprint density at radius 3 is 2.60 bits per heavy atom. The Bertz CT molecular complexity index is 543. The van der Waals surface area contributed by atoms with Crippen molar-refractivity contribution < 1.29 is 0 Å². The van der Waals surface area contributed by atoms with E-state index in [1.165, 1.54) is 0 Å². The first kappa shape index (κ1) is 13.3. The first-order chi connectivity index (χ1) is 9.83. The highest BCUT2D eigenvalue weighted by Gasteiger charge is 2.13. The second-order valence-corrected chi connectivity index (χ2v) is 5.16. The summed E-state index contributed by atoms with van der Waals surface area (Å²) < 4.78 is 2.03. The molecule has 2 heterocycles. The molecule has 2 aromatic rings. The number of aryl methyl sites for hydroxylation is 1. The van der Waals surface area contributed by atoms with Crippen LogP contribution >= 0.6 is 0 Å². The molecule has 106 valence electrons. The van der Waals surface area contributed by atoms with E-state index in [1.54, 1.807) is 0 Å². The number of nitrogens with one attached hydrogen (secondary N) is 1. The summed E-state index contributed by atoms with van der Waals surface area (Å²) in [6, 6.07) is 10.3. The maximum atomic E-state index is 4.57. The minimum atomic E-state index is 0.837. The molecule has 0 spiro atoms. The van der Waals surface area contributed by atoms with Crippen LogP contribution in [0.3, 0.4) is 0 Å². The molecule has 0 amide bonds. The Hall–Kier alpha value is -1.72. The summed E-state index contributed by atoms with van der Waals surface area (Å²) in [6.07, 6.45) is 0. The van der Waals surface area contributed by atoms with Crippen LogP contribution in [0.1, 0.15) is 5.82 Å². The quantitative estimate of drug-likeness (QED) is 0.906. The lowest BCUT2D eigenvalue weighted by molar-refractivity contribution is 0.229. The Morgan fingerprint density at radius 1 is 1.10 bits per heavy atom. The number of benzene rings is 1. The molecule has 1 aromatic heterocycles. The van der Waals surface area contributed by atoms with E-state index in [1.807, 2.05) is 29.8 Å². The van der Waals surface area contributed by atoms with Crippen LogP contribution in [0.4, 0.5) is 0 Å². The third-order valence-corrected chi connectivity index (χ3v) is 3.65. The third kappa shape index (κ3) is 3.05. The van der Waals surface area contributed by atoms with Crippen molar-refractivity contribution in [2.75, 3.05) is 32.7 Å². The molecule has 0 radical (unpaired) electrons. The second-order valence-electron chi connectivity index (χ2n) is 5.16. The Balaban J connectivity index is 1.73. The van der Waals surface area contributed by atoms with Crippen molar-refractivity contribution >= 4 is 0 Å². The fraction of sp³-hybridized carbons (Fsp3) is 0.467. The normalized spacial score (nSPS) is 16.4. The van der Waals surface area contributed by atoms with Crippen molar-refractivity contribution in [1.82, 2.24) is 25.0 Å². The van der Waals surface area contributed by atoms with E-state index >= 15 is 0 Å². The molecule has 5 nitrogen and oxygen atoms in total. The molecule has 0 atom stereocenters. The molecular formula is C15H21N5. The highest BCUT2D eigenvalue weighted by atomic mass is 15.4. The first-order valence-corrected chi connectivity index (χ1v) is 7.23. The maximum Gasteiger partial charge on any atom is 0.158 e. The van der Waals surface area contributed by atoms with Crippen LogP contribution in [0.5, 0.6) is 0 Å². The standard InChI is InChI=1S/C15H21N5/c1-13-17-15(14-5-3-2-4-6-14)20(18-13)12-11-19-9-7-16-8-10-19/h2-6,16H,7-12H2,1H3. The van der Waals surface area contributed by atoms with Crippen molar-refractivity contribution in [1.29, 1.82) is 0 Å². The predicted octanol–water partition coefficient (Wildman–Crippen LogP) is 1.16. The Morgan fingerprint density at radius 2 is 1.85 bits per heavy atom. The van der Waals surface area contributed by atoms with Gasteiger partial charge in [-0.25, -0.2) is 9.67 Å². The number of hydrogen-bond donors (Lipinski definition) is 1. The van der Waals surface area contributed by atoms with Gasteiger partial charge in [0.2, 0.25) is 0 Å². The fourth-order valence-electron chi connectivity index (χ4n) is 2.58. The largest absolute Gasteiger partial charge is 0.314 e. The number of nitrogens with zero attached hydrogens (tertiary/aromatic N) is 4. The topological polar surface area (TPSA) is 46.0 Å². The van der Waals surface area contributed by atoms with Gasteiger partial charge in [-0.2, -0.15) is 5.10 Å². The van der Waals surface area contributed by atoms with Gasteiger partial charge in [0.05, 0.1) is 6.54 Å². The minimum absolute atomic E-state index is 0.837. The molecule has 1 aromatic carbocycles. The summed E-state index contributed by atoms with van der Waals surface area (Å²) in [6.45, 7) is 8.29. The monoisotopic (exact) mass is 271 g/mol. The number of piperazine rings is 1. The first-order valence-electron chi connectivity index (χ1n) is 7.23. The molecule has 0 unspecified atom stereocenters.